The van der Waals surface area contributed by atoms with Gasteiger partial charge >= 0.3 is 0 Å². The van der Waals surface area contributed by atoms with Crippen molar-refractivity contribution in [2.24, 2.45) is 5.41 Å². The van der Waals surface area contributed by atoms with Crippen molar-refractivity contribution in [2.75, 3.05) is 6.54 Å². The van der Waals surface area contributed by atoms with E-state index < -0.39 is 6.23 Å². The van der Waals surface area contributed by atoms with Gasteiger partial charge in [-0.3, -0.25) is 4.90 Å². The molecule has 2 rings (SSSR count). The molecule has 2 unspecified atom stereocenters. The van der Waals surface area contributed by atoms with Gasteiger partial charge in [-0.25, -0.2) is 0 Å². The molecule has 1 heterocycles. The van der Waals surface area contributed by atoms with Crippen LogP contribution in [-0.2, 0) is 4.79 Å². The van der Waals surface area contributed by atoms with Crippen molar-refractivity contribution in [2.45, 2.75) is 51.3 Å². The van der Waals surface area contributed by atoms with Crippen molar-refractivity contribution < 1.29 is 9.90 Å². The zero-order valence-electron chi connectivity index (χ0n) is 8.78. The third-order valence-electron chi connectivity index (χ3n) is 3.89. The molecule has 14 heavy (non-hydrogen) atoms. The third kappa shape index (κ3) is 1.59. The van der Waals surface area contributed by atoms with Gasteiger partial charge in [0.25, 0.3) is 0 Å². The van der Waals surface area contributed by atoms with Crippen molar-refractivity contribution in [3.05, 3.63) is 0 Å². The fraction of sp³-hybridized carbons (Fsp3) is 0.909. The first-order valence-corrected chi connectivity index (χ1v) is 5.56. The van der Waals surface area contributed by atoms with Crippen LogP contribution >= 0.6 is 0 Å². The van der Waals surface area contributed by atoms with Gasteiger partial charge in [0.2, 0.25) is 0 Å². The molecule has 2 atom stereocenters. The Morgan fingerprint density at radius 3 is 2.57 bits per heavy atom. The highest BCUT2D eigenvalue weighted by Gasteiger charge is 2.46. The molecule has 3 nitrogen and oxygen atoms in total. The van der Waals surface area contributed by atoms with E-state index in [2.05, 4.69) is 0 Å². The molecule has 1 saturated carbocycles. The van der Waals surface area contributed by atoms with Crippen LogP contribution < -0.4 is 0 Å². The molecule has 80 valence electrons. The minimum absolute atomic E-state index is 0.0481. The average Bonchev–Trinajstić information content (AvgIpc) is 2.74. The van der Waals surface area contributed by atoms with Crippen molar-refractivity contribution in [1.29, 1.82) is 0 Å². The lowest BCUT2D eigenvalue weighted by Gasteiger charge is -2.25. The molecule has 1 N–H and O–H groups in total. The van der Waals surface area contributed by atoms with E-state index in [0.717, 1.165) is 19.3 Å². The summed E-state index contributed by atoms with van der Waals surface area (Å²) in [4.78, 5) is 12.9. The predicted octanol–water partition coefficient (Wildman–Crippen LogP) is 1.16. The van der Waals surface area contributed by atoms with Gasteiger partial charge in [0.15, 0.2) is 0 Å². The monoisotopic (exact) mass is 197 g/mol. The van der Waals surface area contributed by atoms with Crippen molar-refractivity contribution in [1.82, 2.24) is 4.90 Å². The number of carbonyl (C=O) groups excluding carboxylic acids is 1. The number of aldehydes is 1. The molecule has 2 aliphatic rings. The van der Waals surface area contributed by atoms with E-state index in [9.17, 15) is 9.90 Å². The van der Waals surface area contributed by atoms with E-state index in [1.165, 1.54) is 25.7 Å². The summed E-state index contributed by atoms with van der Waals surface area (Å²) in [6.45, 7) is 2.67. The number of nitrogens with zero attached hydrogens (tertiary/aromatic N) is 1. The minimum Gasteiger partial charge on any atom is -0.379 e. The topological polar surface area (TPSA) is 40.5 Å². The molecular formula is C11H19NO2. The van der Waals surface area contributed by atoms with Gasteiger partial charge in [0, 0.05) is 6.54 Å². The van der Waals surface area contributed by atoms with E-state index in [1.54, 1.807) is 6.92 Å². The van der Waals surface area contributed by atoms with Crippen molar-refractivity contribution in [3.8, 4) is 0 Å². The molecule has 0 aromatic rings. The fourth-order valence-electron chi connectivity index (χ4n) is 3.15. The maximum Gasteiger partial charge on any atom is 0.137 e. The van der Waals surface area contributed by atoms with Crippen LogP contribution in [0.4, 0.5) is 0 Å². The Kier molecular flexibility index (Phi) is 2.62. The Hall–Kier alpha value is -0.410. The fourth-order valence-corrected chi connectivity index (χ4v) is 3.15. The zero-order valence-corrected chi connectivity index (χ0v) is 8.78. The molecule has 1 aliphatic carbocycles. The lowest BCUT2D eigenvalue weighted by Crippen LogP contribution is -2.38. The first-order chi connectivity index (χ1) is 6.67. The maximum atomic E-state index is 10.9. The zero-order chi connectivity index (χ0) is 10.2. The van der Waals surface area contributed by atoms with E-state index in [1.807, 2.05) is 4.90 Å². The van der Waals surface area contributed by atoms with E-state index in [-0.39, 0.29) is 6.04 Å². The maximum absolute atomic E-state index is 10.9. The first kappa shape index (κ1) is 10.1. The van der Waals surface area contributed by atoms with Crippen LogP contribution in [0, 0.1) is 5.41 Å². The Balaban J connectivity index is 2.10. The number of aliphatic hydroxyl groups is 1. The number of rotatable bonds is 2. The summed E-state index contributed by atoms with van der Waals surface area (Å²) >= 11 is 0. The second kappa shape index (κ2) is 3.63. The molecule has 0 amide bonds. The van der Waals surface area contributed by atoms with Crippen LogP contribution in [0.5, 0.6) is 0 Å². The lowest BCUT2D eigenvalue weighted by atomic mass is 9.84. The molecule has 0 aromatic heterocycles. The normalized spacial score (nSPS) is 33.7. The highest BCUT2D eigenvalue weighted by molar-refractivity contribution is 5.58. The molecule has 1 saturated heterocycles. The van der Waals surface area contributed by atoms with E-state index >= 15 is 0 Å². The van der Waals surface area contributed by atoms with Crippen LogP contribution in [0.3, 0.4) is 0 Å². The number of likely N-dealkylation sites (tertiary alicyclic amines) is 1. The summed E-state index contributed by atoms with van der Waals surface area (Å²) in [6.07, 6.45) is 6.53. The summed E-state index contributed by atoms with van der Waals surface area (Å²) in [7, 11) is 0. The summed E-state index contributed by atoms with van der Waals surface area (Å²) in [5.41, 5.74) is 0.350. The summed E-state index contributed by atoms with van der Waals surface area (Å²) in [5, 5.41) is 9.56. The summed E-state index contributed by atoms with van der Waals surface area (Å²) < 4.78 is 0. The van der Waals surface area contributed by atoms with Crippen LogP contribution in [0.15, 0.2) is 0 Å². The minimum atomic E-state index is -0.481. The lowest BCUT2D eigenvalue weighted by molar-refractivity contribution is -0.114. The smallest absolute Gasteiger partial charge is 0.137 e. The van der Waals surface area contributed by atoms with Gasteiger partial charge in [0.05, 0.1) is 6.04 Å². The molecular weight excluding hydrogens is 178 g/mol. The molecule has 0 bridgehead atoms. The van der Waals surface area contributed by atoms with Gasteiger partial charge in [-0.15, -0.1) is 0 Å². The summed E-state index contributed by atoms with van der Waals surface area (Å²) in [5.74, 6) is 0. The Labute approximate surface area is 85.1 Å². The number of carbonyl (C=O) groups is 1. The van der Waals surface area contributed by atoms with Gasteiger partial charge < -0.3 is 9.90 Å². The second-order valence-corrected chi connectivity index (χ2v) is 4.92. The highest BCUT2D eigenvalue weighted by atomic mass is 16.3. The largest absolute Gasteiger partial charge is 0.379 e. The molecule has 1 aliphatic heterocycles. The quantitative estimate of drug-likeness (QED) is 0.675. The third-order valence-corrected chi connectivity index (χ3v) is 3.89. The van der Waals surface area contributed by atoms with Crippen molar-refractivity contribution in [3.63, 3.8) is 0 Å². The van der Waals surface area contributed by atoms with Gasteiger partial charge in [0.1, 0.15) is 12.5 Å². The van der Waals surface area contributed by atoms with Crippen LogP contribution in [0.1, 0.15) is 39.0 Å². The second-order valence-electron chi connectivity index (χ2n) is 4.92. The Bertz CT molecular complexity index is 221. The SMILES string of the molecule is CC(O)N1CC2(CCCC2)CC1C=O. The number of aliphatic hydroxyl groups excluding tert-OH is 1. The molecule has 3 heteroatoms. The molecule has 1 spiro atoms. The van der Waals surface area contributed by atoms with Crippen LogP contribution in [0.25, 0.3) is 0 Å². The molecule has 0 radical (unpaired) electrons. The van der Waals surface area contributed by atoms with Gasteiger partial charge in [-0.2, -0.15) is 0 Å². The Morgan fingerprint density at radius 2 is 2.14 bits per heavy atom. The number of hydrogen-bond donors (Lipinski definition) is 1. The van der Waals surface area contributed by atoms with Crippen LogP contribution in [-0.4, -0.2) is 35.1 Å². The van der Waals surface area contributed by atoms with E-state index in [0.29, 0.717) is 5.41 Å². The average molecular weight is 197 g/mol. The van der Waals surface area contributed by atoms with Gasteiger partial charge in [-0.05, 0) is 31.6 Å². The molecule has 2 fully saturated rings. The number of hydrogen-bond acceptors (Lipinski definition) is 3. The van der Waals surface area contributed by atoms with Gasteiger partial charge in [-0.1, -0.05) is 12.8 Å². The van der Waals surface area contributed by atoms with E-state index in [4.69, 9.17) is 0 Å². The van der Waals surface area contributed by atoms with Crippen molar-refractivity contribution >= 4 is 6.29 Å². The van der Waals surface area contributed by atoms with Crippen LogP contribution in [0.2, 0.25) is 0 Å². The highest BCUT2D eigenvalue weighted by Crippen LogP contribution is 2.47. The predicted molar refractivity (Wildman–Crippen MR) is 53.8 cm³/mol. The Morgan fingerprint density at radius 1 is 1.50 bits per heavy atom. The standard InChI is InChI=1S/C11H19NO2/c1-9(14)12-8-11(4-2-3-5-11)6-10(12)7-13/h7,9-10,14H,2-6,8H2,1H3. The first-order valence-electron chi connectivity index (χ1n) is 5.56. The molecule has 0 aromatic carbocycles. The summed E-state index contributed by atoms with van der Waals surface area (Å²) in [6, 6.07) is -0.0481.